The van der Waals surface area contributed by atoms with Crippen molar-refractivity contribution in [2.45, 2.75) is 38.4 Å². The molecule has 1 amide bonds. The van der Waals surface area contributed by atoms with Crippen molar-refractivity contribution in [3.63, 3.8) is 0 Å². The molecular weight excluding hydrogens is 356 g/mol. The van der Waals surface area contributed by atoms with Gasteiger partial charge in [-0.15, -0.1) is 23.1 Å². The van der Waals surface area contributed by atoms with Crippen molar-refractivity contribution in [3.8, 4) is 0 Å². The second kappa shape index (κ2) is 8.49. The minimum absolute atomic E-state index is 0.0126. The van der Waals surface area contributed by atoms with Gasteiger partial charge in [-0.3, -0.25) is 9.59 Å². The number of anilines is 1. The summed E-state index contributed by atoms with van der Waals surface area (Å²) in [6, 6.07) is 7.46. The summed E-state index contributed by atoms with van der Waals surface area (Å²) in [6.07, 6.45) is 0.241. The van der Waals surface area contributed by atoms with Crippen molar-refractivity contribution in [1.29, 1.82) is 0 Å². The molecule has 1 aromatic heterocycles. The van der Waals surface area contributed by atoms with Crippen LogP contribution < -0.4 is 5.32 Å². The lowest BCUT2D eigenvalue weighted by molar-refractivity contribution is -0.133. The Labute approximate surface area is 155 Å². The number of nitrogens with zero attached hydrogens (tertiary/aromatic N) is 1. The van der Waals surface area contributed by atoms with Crippen LogP contribution in [0.25, 0.3) is 0 Å². The average Bonchev–Trinajstić information content (AvgIpc) is 2.95. The van der Waals surface area contributed by atoms with E-state index in [1.165, 1.54) is 11.8 Å². The Balaban J connectivity index is 1.92. The van der Waals surface area contributed by atoms with Crippen LogP contribution in [0.3, 0.4) is 0 Å². The molecule has 5 nitrogen and oxygen atoms in total. The average molecular weight is 379 g/mol. The summed E-state index contributed by atoms with van der Waals surface area (Å²) < 4.78 is 0. The first kappa shape index (κ1) is 19.5. The first-order valence-electron chi connectivity index (χ1n) is 7.87. The number of carbonyl (C=O) groups is 2. The number of rotatable bonds is 7. The van der Waals surface area contributed by atoms with Gasteiger partial charge in [0, 0.05) is 22.2 Å². The Morgan fingerprint density at radius 1 is 1.32 bits per heavy atom. The maximum atomic E-state index is 12.2. The number of amides is 1. The standard InChI is InChI=1S/C18H22N2O3S2/c1-18(2,3)17-20-14(10-25-17)8-15(21)19-13-6-4-5-12(7-13)9-24-11-16(22)23/h4-7,10H,8-9,11H2,1-3H3,(H,19,21)(H,22,23). The fraction of sp³-hybridized carbons (Fsp3) is 0.389. The molecular formula is C18H22N2O3S2. The molecule has 0 saturated heterocycles. The zero-order chi connectivity index (χ0) is 18.4. The van der Waals surface area contributed by atoms with Crippen LogP contribution in [0.15, 0.2) is 29.6 Å². The molecule has 0 aliphatic carbocycles. The van der Waals surface area contributed by atoms with Crippen molar-refractivity contribution in [1.82, 2.24) is 4.98 Å². The number of carbonyl (C=O) groups excluding carboxylic acids is 1. The zero-order valence-corrected chi connectivity index (χ0v) is 16.2. The van der Waals surface area contributed by atoms with Crippen LogP contribution in [0.5, 0.6) is 0 Å². The summed E-state index contributed by atoms with van der Waals surface area (Å²) in [5, 5.41) is 14.5. The number of benzene rings is 1. The molecule has 0 aliphatic rings. The maximum Gasteiger partial charge on any atom is 0.313 e. The lowest BCUT2D eigenvalue weighted by Gasteiger charge is -2.13. The van der Waals surface area contributed by atoms with E-state index in [1.807, 2.05) is 29.6 Å². The molecule has 134 valence electrons. The van der Waals surface area contributed by atoms with Crippen LogP contribution in [0.1, 0.15) is 37.0 Å². The highest BCUT2D eigenvalue weighted by Crippen LogP contribution is 2.25. The molecule has 0 aliphatic heterocycles. The minimum atomic E-state index is -0.827. The number of aliphatic carboxylic acids is 1. The SMILES string of the molecule is CC(C)(C)c1nc(CC(=O)Nc2cccc(CSCC(=O)O)c2)cs1. The van der Waals surface area contributed by atoms with Gasteiger partial charge in [0.25, 0.3) is 0 Å². The van der Waals surface area contributed by atoms with Gasteiger partial charge in [0.05, 0.1) is 22.9 Å². The quantitative estimate of drug-likeness (QED) is 0.763. The van der Waals surface area contributed by atoms with Gasteiger partial charge in [-0.05, 0) is 17.7 Å². The number of hydrogen-bond acceptors (Lipinski definition) is 5. The first-order chi connectivity index (χ1) is 11.7. The van der Waals surface area contributed by atoms with Gasteiger partial charge in [-0.1, -0.05) is 32.9 Å². The van der Waals surface area contributed by atoms with E-state index in [0.717, 1.165) is 16.3 Å². The second-order valence-electron chi connectivity index (χ2n) is 6.71. The molecule has 2 rings (SSSR count). The van der Waals surface area contributed by atoms with Crippen LogP contribution in [0.2, 0.25) is 0 Å². The molecule has 25 heavy (non-hydrogen) atoms. The summed E-state index contributed by atoms with van der Waals surface area (Å²) >= 11 is 2.91. The number of carboxylic acids is 1. The second-order valence-corrected chi connectivity index (χ2v) is 8.55. The highest BCUT2D eigenvalue weighted by Gasteiger charge is 2.18. The molecule has 2 aromatic rings. The van der Waals surface area contributed by atoms with Gasteiger partial charge < -0.3 is 10.4 Å². The minimum Gasteiger partial charge on any atom is -0.481 e. The van der Waals surface area contributed by atoms with Gasteiger partial charge in [0.15, 0.2) is 0 Å². The van der Waals surface area contributed by atoms with Crippen molar-refractivity contribution in [2.75, 3.05) is 11.1 Å². The van der Waals surface area contributed by atoms with Crippen LogP contribution in [0.4, 0.5) is 5.69 Å². The molecule has 0 spiro atoms. The molecule has 0 unspecified atom stereocenters. The van der Waals surface area contributed by atoms with Crippen LogP contribution in [-0.4, -0.2) is 27.7 Å². The molecule has 1 aromatic carbocycles. The van der Waals surface area contributed by atoms with Gasteiger partial charge in [-0.25, -0.2) is 4.98 Å². The largest absolute Gasteiger partial charge is 0.481 e. The Morgan fingerprint density at radius 3 is 2.72 bits per heavy atom. The molecule has 2 N–H and O–H groups in total. The summed E-state index contributed by atoms with van der Waals surface area (Å²) in [7, 11) is 0. The lowest BCUT2D eigenvalue weighted by atomic mass is 9.98. The highest BCUT2D eigenvalue weighted by molar-refractivity contribution is 7.99. The highest BCUT2D eigenvalue weighted by atomic mass is 32.2. The maximum absolute atomic E-state index is 12.2. The van der Waals surface area contributed by atoms with Crippen molar-refractivity contribution >= 4 is 40.7 Å². The van der Waals surface area contributed by atoms with Crippen LogP contribution >= 0.6 is 23.1 Å². The van der Waals surface area contributed by atoms with Gasteiger partial charge in [0.2, 0.25) is 5.91 Å². The van der Waals surface area contributed by atoms with E-state index in [1.54, 1.807) is 11.3 Å². The first-order valence-corrected chi connectivity index (χ1v) is 9.90. The summed E-state index contributed by atoms with van der Waals surface area (Å²) in [5.74, 6) is -0.276. The summed E-state index contributed by atoms with van der Waals surface area (Å²) in [6.45, 7) is 6.30. The van der Waals surface area contributed by atoms with Crippen LogP contribution in [-0.2, 0) is 27.2 Å². The zero-order valence-electron chi connectivity index (χ0n) is 14.5. The molecule has 0 saturated carbocycles. The number of hydrogen-bond donors (Lipinski definition) is 2. The molecule has 0 bridgehead atoms. The predicted octanol–water partition coefficient (Wildman–Crippen LogP) is 3.94. The number of nitrogens with one attached hydrogen (secondary N) is 1. The number of aromatic nitrogens is 1. The van der Waals surface area contributed by atoms with E-state index in [2.05, 4.69) is 31.1 Å². The predicted molar refractivity (Wildman–Crippen MR) is 103 cm³/mol. The van der Waals surface area contributed by atoms with E-state index in [9.17, 15) is 9.59 Å². The van der Waals surface area contributed by atoms with Crippen molar-refractivity contribution in [2.24, 2.45) is 0 Å². The smallest absolute Gasteiger partial charge is 0.313 e. The third kappa shape index (κ3) is 6.51. The lowest BCUT2D eigenvalue weighted by Crippen LogP contribution is -2.15. The van der Waals surface area contributed by atoms with Gasteiger partial charge in [-0.2, -0.15) is 0 Å². The summed E-state index contributed by atoms with van der Waals surface area (Å²) in [4.78, 5) is 27.3. The van der Waals surface area contributed by atoms with E-state index in [0.29, 0.717) is 11.4 Å². The molecule has 1 heterocycles. The Bertz CT molecular complexity index is 751. The van der Waals surface area contributed by atoms with Crippen molar-refractivity contribution in [3.05, 3.63) is 45.9 Å². The number of carboxylic acid groups (broad SMARTS) is 1. The normalized spacial score (nSPS) is 11.3. The molecule has 0 fully saturated rings. The molecule has 0 radical (unpaired) electrons. The Kier molecular flexibility index (Phi) is 6.61. The van der Waals surface area contributed by atoms with Crippen molar-refractivity contribution < 1.29 is 14.7 Å². The number of thioether (sulfide) groups is 1. The fourth-order valence-corrected chi connectivity index (χ4v) is 3.70. The van der Waals surface area contributed by atoms with E-state index < -0.39 is 5.97 Å². The molecule has 7 heteroatoms. The third-order valence-corrected chi connectivity index (χ3v) is 5.55. The van der Waals surface area contributed by atoms with Gasteiger partial charge >= 0.3 is 5.97 Å². The number of thiazole rings is 1. The third-order valence-electron chi connectivity index (χ3n) is 3.24. The Morgan fingerprint density at radius 2 is 2.08 bits per heavy atom. The van der Waals surface area contributed by atoms with E-state index >= 15 is 0 Å². The van der Waals surface area contributed by atoms with Crippen LogP contribution in [0, 0.1) is 0 Å². The van der Waals surface area contributed by atoms with E-state index in [-0.39, 0.29) is 23.5 Å². The fourth-order valence-electron chi connectivity index (χ4n) is 2.10. The Hall–Kier alpha value is -1.86. The molecule has 0 atom stereocenters. The van der Waals surface area contributed by atoms with Gasteiger partial charge in [0.1, 0.15) is 0 Å². The topological polar surface area (TPSA) is 79.3 Å². The van der Waals surface area contributed by atoms with E-state index in [4.69, 9.17) is 5.11 Å². The summed E-state index contributed by atoms with van der Waals surface area (Å²) in [5.41, 5.74) is 2.46. The monoisotopic (exact) mass is 378 g/mol.